The van der Waals surface area contributed by atoms with Crippen molar-refractivity contribution in [2.45, 2.75) is 19.9 Å². The van der Waals surface area contributed by atoms with Gasteiger partial charge in [-0.15, -0.1) is 0 Å². The maximum Gasteiger partial charge on any atom is 0.374 e. The van der Waals surface area contributed by atoms with Gasteiger partial charge < -0.3 is 14.3 Å². The van der Waals surface area contributed by atoms with Crippen LogP contribution in [0.25, 0.3) is 0 Å². The van der Waals surface area contributed by atoms with Gasteiger partial charge in [-0.05, 0) is 19.9 Å². The number of rotatable bonds is 5. The van der Waals surface area contributed by atoms with Crippen molar-refractivity contribution < 1.29 is 19.1 Å². The van der Waals surface area contributed by atoms with Gasteiger partial charge in [0.05, 0.1) is 19.8 Å². The summed E-state index contributed by atoms with van der Waals surface area (Å²) in [7, 11) is 1.35. The van der Waals surface area contributed by atoms with Crippen LogP contribution in [-0.4, -0.2) is 67.3 Å². The second-order valence-electron chi connectivity index (χ2n) is 5.43. The van der Waals surface area contributed by atoms with Crippen LogP contribution in [0, 0.1) is 6.92 Å². The van der Waals surface area contributed by atoms with Gasteiger partial charge in [0, 0.05) is 38.3 Å². The molecule has 0 aliphatic carbocycles. The van der Waals surface area contributed by atoms with E-state index < -0.39 is 5.97 Å². The molecule has 0 aromatic carbocycles. The first-order chi connectivity index (χ1) is 10.1. The summed E-state index contributed by atoms with van der Waals surface area (Å²) >= 11 is 0. The van der Waals surface area contributed by atoms with Crippen molar-refractivity contribution in [2.75, 3.05) is 46.4 Å². The summed E-state index contributed by atoms with van der Waals surface area (Å²) in [5, 5.41) is 8.97. The molecule has 0 spiro atoms. The zero-order valence-electron chi connectivity index (χ0n) is 13.0. The first-order valence-electron chi connectivity index (χ1n) is 7.32. The number of carbonyl (C=O) groups is 1. The summed E-state index contributed by atoms with van der Waals surface area (Å²) in [5.74, 6) is 0.653. The Balaban J connectivity index is 2.01. The van der Waals surface area contributed by atoms with Crippen LogP contribution in [0.2, 0.25) is 0 Å². The molecule has 1 saturated heterocycles. The van der Waals surface area contributed by atoms with E-state index in [4.69, 9.17) is 14.3 Å². The van der Waals surface area contributed by atoms with Crippen LogP contribution < -0.4 is 0 Å². The van der Waals surface area contributed by atoms with E-state index in [1.807, 2.05) is 13.0 Å². The van der Waals surface area contributed by atoms with E-state index in [-0.39, 0.29) is 12.6 Å². The SMILES string of the molecule is COC(=O)c1oc([C@H](C)N2CCN(CCO)CC2)cc1C. The third-order valence-electron chi connectivity index (χ3n) is 4.09. The van der Waals surface area contributed by atoms with Gasteiger partial charge in [0.2, 0.25) is 5.76 Å². The molecule has 0 radical (unpaired) electrons. The average molecular weight is 296 g/mol. The number of furan rings is 1. The highest BCUT2D eigenvalue weighted by Gasteiger charge is 2.26. The van der Waals surface area contributed by atoms with Crippen molar-refractivity contribution in [1.82, 2.24) is 9.80 Å². The fourth-order valence-corrected chi connectivity index (χ4v) is 2.70. The molecule has 1 aromatic heterocycles. The number of hydrogen-bond donors (Lipinski definition) is 1. The summed E-state index contributed by atoms with van der Waals surface area (Å²) in [6.07, 6.45) is 0. The zero-order chi connectivity index (χ0) is 15.4. The summed E-state index contributed by atoms with van der Waals surface area (Å²) in [4.78, 5) is 16.2. The van der Waals surface area contributed by atoms with Crippen LogP contribution in [0.4, 0.5) is 0 Å². The van der Waals surface area contributed by atoms with Crippen LogP contribution in [0.1, 0.15) is 34.8 Å². The molecule has 21 heavy (non-hydrogen) atoms. The highest BCUT2D eigenvalue weighted by molar-refractivity contribution is 5.87. The Morgan fingerprint density at radius 2 is 2.10 bits per heavy atom. The van der Waals surface area contributed by atoms with Crippen molar-refractivity contribution in [1.29, 1.82) is 0 Å². The molecule has 1 atom stereocenters. The van der Waals surface area contributed by atoms with Gasteiger partial charge in [-0.2, -0.15) is 0 Å². The molecule has 1 fully saturated rings. The van der Waals surface area contributed by atoms with Gasteiger partial charge in [-0.1, -0.05) is 0 Å². The molecule has 0 saturated carbocycles. The summed E-state index contributed by atoms with van der Waals surface area (Å²) in [6.45, 7) is 8.60. The number of methoxy groups -OCH3 is 1. The topological polar surface area (TPSA) is 66.2 Å². The van der Waals surface area contributed by atoms with Crippen molar-refractivity contribution in [3.8, 4) is 0 Å². The molecular weight excluding hydrogens is 272 g/mol. The lowest BCUT2D eigenvalue weighted by atomic mass is 10.1. The van der Waals surface area contributed by atoms with Crippen LogP contribution in [0.5, 0.6) is 0 Å². The number of esters is 1. The summed E-state index contributed by atoms with van der Waals surface area (Å²) < 4.78 is 10.4. The lowest BCUT2D eigenvalue weighted by Crippen LogP contribution is -2.47. The lowest BCUT2D eigenvalue weighted by molar-refractivity contribution is 0.0549. The molecule has 118 valence electrons. The molecule has 1 aliphatic heterocycles. The number of aliphatic hydroxyl groups excluding tert-OH is 1. The van der Waals surface area contributed by atoms with Crippen molar-refractivity contribution >= 4 is 5.97 Å². The third-order valence-corrected chi connectivity index (χ3v) is 4.09. The fraction of sp³-hybridized carbons (Fsp3) is 0.667. The standard InChI is InChI=1S/C15H24N2O4/c1-11-10-13(21-14(11)15(19)20-3)12(2)17-6-4-16(5-7-17)8-9-18/h10,12,18H,4-9H2,1-3H3/t12-/m0/s1. The minimum absolute atomic E-state index is 0.124. The highest BCUT2D eigenvalue weighted by Crippen LogP contribution is 2.26. The fourth-order valence-electron chi connectivity index (χ4n) is 2.70. The second-order valence-corrected chi connectivity index (χ2v) is 5.43. The summed E-state index contributed by atoms with van der Waals surface area (Å²) in [5.41, 5.74) is 0.808. The first kappa shape index (κ1) is 16.0. The molecule has 0 amide bonds. The number of aliphatic hydroxyl groups is 1. The quantitative estimate of drug-likeness (QED) is 0.819. The second kappa shape index (κ2) is 7.06. The average Bonchev–Trinajstić information content (AvgIpc) is 2.89. The maximum absolute atomic E-state index is 11.6. The predicted octanol–water partition coefficient (Wildman–Crippen LogP) is 1.05. The minimum atomic E-state index is -0.432. The number of hydrogen-bond acceptors (Lipinski definition) is 6. The Labute approximate surface area is 125 Å². The molecule has 6 heteroatoms. The van der Waals surface area contributed by atoms with Crippen LogP contribution in [-0.2, 0) is 4.74 Å². The number of piperazine rings is 1. The minimum Gasteiger partial charge on any atom is -0.463 e. The molecule has 1 aromatic rings. The third kappa shape index (κ3) is 3.64. The number of nitrogens with zero attached hydrogens (tertiary/aromatic N) is 2. The first-order valence-corrected chi connectivity index (χ1v) is 7.32. The van der Waals surface area contributed by atoms with Crippen molar-refractivity contribution in [2.24, 2.45) is 0 Å². The van der Waals surface area contributed by atoms with Crippen LogP contribution in [0.15, 0.2) is 10.5 Å². The highest BCUT2D eigenvalue weighted by atomic mass is 16.5. The van der Waals surface area contributed by atoms with Crippen molar-refractivity contribution in [3.63, 3.8) is 0 Å². The number of aryl methyl sites for hydroxylation is 1. The number of carbonyl (C=O) groups excluding carboxylic acids is 1. The van der Waals surface area contributed by atoms with E-state index in [0.717, 1.165) is 44.0 Å². The van der Waals surface area contributed by atoms with Gasteiger partial charge in [0.25, 0.3) is 0 Å². The number of ether oxygens (including phenoxy) is 1. The number of β-amino-alcohol motifs (C(OH)–C–C–N with tert-alkyl or cyclic N) is 1. The van der Waals surface area contributed by atoms with Crippen LogP contribution >= 0.6 is 0 Å². The smallest absolute Gasteiger partial charge is 0.374 e. The summed E-state index contributed by atoms with van der Waals surface area (Å²) in [6, 6.07) is 2.04. The Morgan fingerprint density at radius 1 is 1.43 bits per heavy atom. The van der Waals surface area contributed by atoms with E-state index >= 15 is 0 Å². The van der Waals surface area contributed by atoms with E-state index in [1.165, 1.54) is 7.11 Å². The predicted molar refractivity (Wildman–Crippen MR) is 78.3 cm³/mol. The molecule has 1 aliphatic rings. The molecule has 0 bridgehead atoms. The van der Waals surface area contributed by atoms with E-state index in [1.54, 1.807) is 0 Å². The zero-order valence-corrected chi connectivity index (χ0v) is 13.0. The Morgan fingerprint density at radius 3 is 2.67 bits per heavy atom. The van der Waals surface area contributed by atoms with Gasteiger partial charge in [-0.25, -0.2) is 4.79 Å². The molecule has 2 heterocycles. The van der Waals surface area contributed by atoms with Gasteiger partial charge in [0.1, 0.15) is 5.76 Å². The molecule has 2 rings (SSSR count). The Bertz CT molecular complexity index is 478. The van der Waals surface area contributed by atoms with E-state index in [0.29, 0.717) is 5.76 Å². The molecule has 1 N–H and O–H groups in total. The Hall–Kier alpha value is -1.37. The lowest BCUT2D eigenvalue weighted by Gasteiger charge is -2.37. The molecule has 6 nitrogen and oxygen atoms in total. The molecular formula is C15H24N2O4. The normalized spacial score (nSPS) is 18.7. The van der Waals surface area contributed by atoms with Crippen molar-refractivity contribution in [3.05, 3.63) is 23.2 Å². The van der Waals surface area contributed by atoms with Gasteiger partial charge >= 0.3 is 5.97 Å². The van der Waals surface area contributed by atoms with Gasteiger partial charge in [-0.3, -0.25) is 9.80 Å². The van der Waals surface area contributed by atoms with E-state index in [9.17, 15) is 4.79 Å². The van der Waals surface area contributed by atoms with Gasteiger partial charge in [0.15, 0.2) is 0 Å². The molecule has 0 unspecified atom stereocenters. The maximum atomic E-state index is 11.6. The monoisotopic (exact) mass is 296 g/mol. The largest absolute Gasteiger partial charge is 0.463 e. The van der Waals surface area contributed by atoms with Crippen LogP contribution in [0.3, 0.4) is 0 Å². The Kier molecular flexibility index (Phi) is 5.39. The van der Waals surface area contributed by atoms with E-state index in [2.05, 4.69) is 16.7 Å².